The summed E-state index contributed by atoms with van der Waals surface area (Å²) in [7, 11) is 2.15. The number of anilines is 1. The van der Waals surface area contributed by atoms with Gasteiger partial charge in [0.25, 0.3) is 0 Å². The fourth-order valence-electron chi connectivity index (χ4n) is 3.35. The molecule has 1 aliphatic rings. The van der Waals surface area contributed by atoms with Gasteiger partial charge < -0.3 is 15.0 Å². The number of carbonyl (C=O) groups excluding carboxylic acids is 1. The molecule has 4 nitrogen and oxygen atoms in total. The first-order valence-corrected chi connectivity index (χ1v) is 9.81. The zero-order chi connectivity index (χ0) is 19.2. The Morgan fingerprint density at radius 2 is 1.78 bits per heavy atom. The van der Waals surface area contributed by atoms with E-state index in [2.05, 4.69) is 49.3 Å². The fourth-order valence-corrected chi connectivity index (χ4v) is 3.35. The monoisotopic (exact) mass is 366 g/mol. The quantitative estimate of drug-likeness (QED) is 0.826. The summed E-state index contributed by atoms with van der Waals surface area (Å²) in [6.45, 7) is 6.37. The molecule has 3 rings (SSSR count). The number of nitrogens with one attached hydrogen (secondary N) is 1. The van der Waals surface area contributed by atoms with Crippen LogP contribution in [0.15, 0.2) is 42.5 Å². The van der Waals surface area contributed by atoms with Crippen molar-refractivity contribution in [3.8, 4) is 5.75 Å². The lowest BCUT2D eigenvalue weighted by Crippen LogP contribution is -2.35. The highest BCUT2D eigenvalue weighted by Crippen LogP contribution is 2.21. The molecular weight excluding hydrogens is 336 g/mol. The molecule has 0 atom stereocenters. The smallest absolute Gasteiger partial charge is 0.224 e. The van der Waals surface area contributed by atoms with Gasteiger partial charge in [-0.25, -0.2) is 0 Å². The molecule has 1 aliphatic heterocycles. The Morgan fingerprint density at radius 3 is 2.44 bits per heavy atom. The highest BCUT2D eigenvalue weighted by molar-refractivity contribution is 5.90. The minimum absolute atomic E-state index is 0.0391. The van der Waals surface area contributed by atoms with Crippen molar-refractivity contribution < 1.29 is 9.53 Å². The van der Waals surface area contributed by atoms with Crippen LogP contribution in [0.25, 0.3) is 0 Å². The van der Waals surface area contributed by atoms with Gasteiger partial charge in [-0.15, -0.1) is 0 Å². The average molecular weight is 367 g/mol. The Balaban J connectivity index is 1.46. The van der Waals surface area contributed by atoms with Crippen molar-refractivity contribution in [2.24, 2.45) is 0 Å². The molecule has 0 spiro atoms. The van der Waals surface area contributed by atoms with Crippen LogP contribution in [0.3, 0.4) is 0 Å². The van der Waals surface area contributed by atoms with E-state index >= 15 is 0 Å². The number of rotatable bonds is 6. The number of piperidine rings is 1. The van der Waals surface area contributed by atoms with Gasteiger partial charge in [0.05, 0.1) is 0 Å². The lowest BCUT2D eigenvalue weighted by molar-refractivity contribution is -0.116. The maximum Gasteiger partial charge on any atom is 0.224 e. The second-order valence-electron chi connectivity index (χ2n) is 7.61. The Labute approximate surface area is 162 Å². The number of hydrogen-bond donors (Lipinski definition) is 1. The average Bonchev–Trinajstić information content (AvgIpc) is 2.66. The van der Waals surface area contributed by atoms with Gasteiger partial charge in [-0.1, -0.05) is 18.2 Å². The Bertz CT molecular complexity index is 762. The van der Waals surface area contributed by atoms with E-state index < -0.39 is 0 Å². The van der Waals surface area contributed by atoms with Crippen LogP contribution in [0, 0.1) is 13.8 Å². The van der Waals surface area contributed by atoms with E-state index in [-0.39, 0.29) is 5.91 Å². The Kier molecular flexibility index (Phi) is 6.51. The summed E-state index contributed by atoms with van der Waals surface area (Å²) in [5, 5.41) is 2.97. The van der Waals surface area contributed by atoms with Crippen LogP contribution < -0.4 is 10.1 Å². The third-order valence-corrected chi connectivity index (χ3v) is 5.32. The third-order valence-electron chi connectivity index (χ3n) is 5.32. The minimum Gasteiger partial charge on any atom is -0.490 e. The first-order chi connectivity index (χ1) is 13.0. The molecule has 4 heteroatoms. The zero-order valence-electron chi connectivity index (χ0n) is 16.6. The first kappa shape index (κ1) is 19.4. The number of benzene rings is 2. The van der Waals surface area contributed by atoms with Crippen LogP contribution in [0.4, 0.5) is 5.69 Å². The molecule has 2 aromatic carbocycles. The first-order valence-electron chi connectivity index (χ1n) is 9.81. The van der Waals surface area contributed by atoms with E-state index in [4.69, 9.17) is 4.74 Å². The van der Waals surface area contributed by atoms with Gasteiger partial charge in [0.2, 0.25) is 5.91 Å². The molecule has 1 fully saturated rings. The number of amides is 1. The highest BCUT2D eigenvalue weighted by atomic mass is 16.5. The molecule has 0 aliphatic carbocycles. The van der Waals surface area contributed by atoms with Gasteiger partial charge in [0, 0.05) is 25.2 Å². The number of aryl methyl sites for hydroxylation is 3. The molecule has 1 amide bonds. The van der Waals surface area contributed by atoms with Crippen LogP contribution in [0.1, 0.15) is 36.0 Å². The van der Waals surface area contributed by atoms with Gasteiger partial charge in [-0.2, -0.15) is 0 Å². The summed E-state index contributed by atoms with van der Waals surface area (Å²) < 4.78 is 6.05. The predicted octanol–water partition coefficient (Wildman–Crippen LogP) is 4.35. The SMILES string of the molecule is Cc1ccc(CCC(=O)Nc2ccc(OC3CCN(C)CC3)cc2)cc1C. The summed E-state index contributed by atoms with van der Waals surface area (Å²) >= 11 is 0. The van der Waals surface area contributed by atoms with Crippen molar-refractivity contribution in [2.45, 2.75) is 45.6 Å². The van der Waals surface area contributed by atoms with E-state index in [1.807, 2.05) is 24.3 Å². The summed E-state index contributed by atoms with van der Waals surface area (Å²) in [4.78, 5) is 14.6. The third kappa shape index (κ3) is 5.83. The Morgan fingerprint density at radius 1 is 1.07 bits per heavy atom. The molecule has 0 unspecified atom stereocenters. The molecular formula is C23H30N2O2. The maximum atomic E-state index is 12.2. The Hall–Kier alpha value is -2.33. The van der Waals surface area contributed by atoms with E-state index in [1.54, 1.807) is 0 Å². The highest BCUT2D eigenvalue weighted by Gasteiger charge is 2.17. The molecule has 144 valence electrons. The summed E-state index contributed by atoms with van der Waals surface area (Å²) in [5.74, 6) is 0.912. The van der Waals surface area contributed by atoms with Crippen LogP contribution in [-0.4, -0.2) is 37.0 Å². The number of carbonyl (C=O) groups is 1. The van der Waals surface area contributed by atoms with Crippen molar-refractivity contribution in [1.82, 2.24) is 4.90 Å². The lowest BCUT2D eigenvalue weighted by atomic mass is 10.0. The van der Waals surface area contributed by atoms with E-state index in [0.29, 0.717) is 12.5 Å². The fraction of sp³-hybridized carbons (Fsp3) is 0.435. The molecule has 0 saturated carbocycles. The second kappa shape index (κ2) is 9.05. The van der Waals surface area contributed by atoms with E-state index in [0.717, 1.165) is 43.8 Å². The standard InChI is InChI=1S/C23H30N2O2/c1-17-4-5-19(16-18(17)2)6-11-23(26)24-20-7-9-21(10-8-20)27-22-12-14-25(3)15-13-22/h4-5,7-10,16,22H,6,11-15H2,1-3H3,(H,24,26). The lowest BCUT2D eigenvalue weighted by Gasteiger charge is -2.29. The van der Waals surface area contributed by atoms with Crippen LogP contribution in [-0.2, 0) is 11.2 Å². The van der Waals surface area contributed by atoms with Crippen molar-refractivity contribution in [3.63, 3.8) is 0 Å². The van der Waals surface area contributed by atoms with Crippen molar-refractivity contribution in [1.29, 1.82) is 0 Å². The van der Waals surface area contributed by atoms with Crippen LogP contribution in [0.5, 0.6) is 5.75 Å². The maximum absolute atomic E-state index is 12.2. The zero-order valence-corrected chi connectivity index (χ0v) is 16.6. The van der Waals surface area contributed by atoms with Crippen molar-refractivity contribution >= 4 is 11.6 Å². The molecule has 1 saturated heterocycles. The number of nitrogens with zero attached hydrogens (tertiary/aromatic N) is 1. The molecule has 0 aromatic heterocycles. The molecule has 0 bridgehead atoms. The molecule has 2 aromatic rings. The second-order valence-corrected chi connectivity index (χ2v) is 7.61. The van der Waals surface area contributed by atoms with E-state index in [9.17, 15) is 4.79 Å². The topological polar surface area (TPSA) is 41.6 Å². The number of likely N-dealkylation sites (tertiary alicyclic amines) is 1. The summed E-state index contributed by atoms with van der Waals surface area (Å²) in [6.07, 6.45) is 3.65. The molecule has 1 heterocycles. The van der Waals surface area contributed by atoms with Gasteiger partial charge in [0.15, 0.2) is 0 Å². The van der Waals surface area contributed by atoms with Gasteiger partial charge in [-0.05, 0) is 81.1 Å². The van der Waals surface area contributed by atoms with Crippen LogP contribution in [0.2, 0.25) is 0 Å². The van der Waals surface area contributed by atoms with E-state index in [1.165, 1.54) is 16.7 Å². The summed E-state index contributed by atoms with van der Waals surface area (Å²) in [5.41, 5.74) is 4.57. The van der Waals surface area contributed by atoms with Crippen molar-refractivity contribution in [2.75, 3.05) is 25.5 Å². The predicted molar refractivity (Wildman–Crippen MR) is 110 cm³/mol. The summed E-state index contributed by atoms with van der Waals surface area (Å²) in [6, 6.07) is 14.1. The molecule has 27 heavy (non-hydrogen) atoms. The van der Waals surface area contributed by atoms with Gasteiger partial charge in [-0.3, -0.25) is 4.79 Å². The molecule has 1 N–H and O–H groups in total. The molecule has 0 radical (unpaired) electrons. The van der Waals surface area contributed by atoms with Gasteiger partial charge in [0.1, 0.15) is 11.9 Å². The number of hydrogen-bond acceptors (Lipinski definition) is 3. The van der Waals surface area contributed by atoms with Crippen LogP contribution >= 0.6 is 0 Å². The minimum atomic E-state index is 0.0391. The largest absolute Gasteiger partial charge is 0.490 e. The number of ether oxygens (including phenoxy) is 1. The van der Waals surface area contributed by atoms with Crippen molar-refractivity contribution in [3.05, 3.63) is 59.2 Å². The normalized spacial score (nSPS) is 15.5. The van der Waals surface area contributed by atoms with Gasteiger partial charge >= 0.3 is 0 Å².